The molecule has 2 saturated carbocycles. The van der Waals surface area contributed by atoms with Gasteiger partial charge in [0.1, 0.15) is 0 Å². The second-order valence-electron chi connectivity index (χ2n) is 14.6. The summed E-state index contributed by atoms with van der Waals surface area (Å²) in [7, 11) is 0. The van der Waals surface area contributed by atoms with Crippen molar-refractivity contribution in [1.82, 2.24) is 0 Å². The molecule has 240 valence electrons. The van der Waals surface area contributed by atoms with E-state index in [9.17, 15) is 0 Å². The maximum absolute atomic E-state index is 2.55. The highest BCUT2D eigenvalue weighted by Gasteiger charge is 2.56. The third-order valence-electron chi connectivity index (χ3n) is 12.0. The highest BCUT2D eigenvalue weighted by Crippen LogP contribution is 2.65. The van der Waals surface area contributed by atoms with E-state index in [4.69, 9.17) is 0 Å². The van der Waals surface area contributed by atoms with Gasteiger partial charge in [-0.1, -0.05) is 140 Å². The molecular formula is C49H39N. The summed E-state index contributed by atoms with van der Waals surface area (Å²) >= 11 is 0. The van der Waals surface area contributed by atoms with Gasteiger partial charge in [-0.25, -0.2) is 0 Å². The Bertz CT molecular complexity index is 2220. The van der Waals surface area contributed by atoms with Crippen LogP contribution in [0, 0.1) is 11.8 Å². The number of nitrogens with zero attached hydrogens (tertiary/aromatic N) is 1. The summed E-state index contributed by atoms with van der Waals surface area (Å²) in [5, 5.41) is 0. The first-order chi connectivity index (χ1) is 24.7. The molecule has 50 heavy (non-hydrogen) atoms. The maximum Gasteiger partial charge on any atom is 0.0462 e. The minimum Gasteiger partial charge on any atom is -0.311 e. The van der Waals surface area contributed by atoms with Crippen molar-refractivity contribution >= 4 is 17.1 Å². The fourth-order valence-corrected chi connectivity index (χ4v) is 9.69. The van der Waals surface area contributed by atoms with Gasteiger partial charge in [0.05, 0.1) is 0 Å². The van der Waals surface area contributed by atoms with E-state index in [1.54, 1.807) is 11.1 Å². The van der Waals surface area contributed by atoms with Crippen LogP contribution in [0.1, 0.15) is 36.8 Å². The fourth-order valence-electron chi connectivity index (χ4n) is 9.69. The van der Waals surface area contributed by atoms with Gasteiger partial charge in [0, 0.05) is 22.5 Å². The molecule has 7 aromatic carbocycles. The summed E-state index contributed by atoms with van der Waals surface area (Å²) in [6, 6.07) is 64.9. The lowest BCUT2D eigenvalue weighted by atomic mass is 9.66. The zero-order chi connectivity index (χ0) is 33.1. The van der Waals surface area contributed by atoms with E-state index in [1.165, 1.54) is 70.2 Å². The third kappa shape index (κ3) is 4.68. The van der Waals surface area contributed by atoms with Crippen molar-refractivity contribution in [3.8, 4) is 44.5 Å². The average molecular weight is 642 g/mol. The van der Waals surface area contributed by atoms with Gasteiger partial charge < -0.3 is 4.90 Å². The standard InChI is InChI=1S/C49H39N/c1-3-9-35(10-4-1)37-16-24-42(25-17-37)50(43-26-18-38(19-27-43)36-11-5-2-6-12-36)44-28-20-39(21-29-44)40-22-30-46-45-13-7-8-14-47(45)49(48(46)32-40)33-34-15-23-41(49)31-34/h1-14,16-22,24-30,32,34,41H,15,23,31,33H2. The molecular weight excluding hydrogens is 603 g/mol. The Morgan fingerprint density at radius 1 is 0.400 bits per heavy atom. The molecule has 2 fully saturated rings. The molecule has 3 atom stereocenters. The van der Waals surface area contributed by atoms with Crippen molar-refractivity contribution in [2.75, 3.05) is 4.90 Å². The number of fused-ring (bicyclic) bond motifs is 8. The van der Waals surface area contributed by atoms with Crippen LogP contribution in [-0.4, -0.2) is 0 Å². The van der Waals surface area contributed by atoms with Crippen molar-refractivity contribution in [2.24, 2.45) is 11.8 Å². The summed E-state index contributed by atoms with van der Waals surface area (Å²) in [5.41, 5.74) is 17.2. The van der Waals surface area contributed by atoms with Crippen molar-refractivity contribution in [2.45, 2.75) is 31.1 Å². The van der Waals surface area contributed by atoms with Crippen LogP contribution in [0.5, 0.6) is 0 Å². The zero-order valence-corrected chi connectivity index (χ0v) is 28.2. The van der Waals surface area contributed by atoms with Gasteiger partial charge in [0.15, 0.2) is 0 Å². The van der Waals surface area contributed by atoms with E-state index >= 15 is 0 Å². The zero-order valence-electron chi connectivity index (χ0n) is 28.2. The molecule has 0 aliphatic heterocycles. The second-order valence-corrected chi connectivity index (χ2v) is 14.6. The normalized spacial score (nSPS) is 19.8. The molecule has 0 radical (unpaired) electrons. The quantitative estimate of drug-likeness (QED) is 0.175. The van der Waals surface area contributed by atoms with E-state index in [-0.39, 0.29) is 5.41 Å². The minimum atomic E-state index is 0.194. The molecule has 0 N–H and O–H groups in total. The summed E-state index contributed by atoms with van der Waals surface area (Å²) in [5.74, 6) is 1.64. The van der Waals surface area contributed by atoms with Gasteiger partial charge in [-0.15, -0.1) is 0 Å². The van der Waals surface area contributed by atoms with Gasteiger partial charge in [-0.3, -0.25) is 0 Å². The van der Waals surface area contributed by atoms with Gasteiger partial charge in [-0.2, -0.15) is 0 Å². The summed E-state index contributed by atoms with van der Waals surface area (Å²) in [6.07, 6.45) is 5.48. The highest BCUT2D eigenvalue weighted by atomic mass is 15.1. The fraction of sp³-hybridized carbons (Fsp3) is 0.143. The molecule has 1 spiro atoms. The first kappa shape index (κ1) is 29.3. The van der Waals surface area contributed by atoms with E-state index in [1.807, 2.05) is 0 Å². The first-order valence-electron chi connectivity index (χ1n) is 18.2. The molecule has 3 aliphatic carbocycles. The summed E-state index contributed by atoms with van der Waals surface area (Å²) in [6.45, 7) is 0. The molecule has 1 nitrogen and oxygen atoms in total. The SMILES string of the molecule is c1ccc(-c2ccc(N(c3ccc(-c4ccccc4)cc3)c3ccc(-c4ccc5c(c4)C4(CC6CCC4C6)c4ccccc4-5)cc3)cc2)cc1. The number of anilines is 3. The smallest absolute Gasteiger partial charge is 0.0462 e. The Morgan fingerprint density at radius 3 is 1.38 bits per heavy atom. The van der Waals surface area contributed by atoms with Gasteiger partial charge >= 0.3 is 0 Å². The molecule has 10 rings (SSSR count). The molecule has 0 heterocycles. The van der Waals surface area contributed by atoms with Crippen LogP contribution in [0.3, 0.4) is 0 Å². The molecule has 7 aromatic rings. The number of hydrogen-bond donors (Lipinski definition) is 0. The lowest BCUT2D eigenvalue weighted by Crippen LogP contribution is -2.31. The van der Waals surface area contributed by atoms with Gasteiger partial charge in [-0.05, 0) is 129 Å². The van der Waals surface area contributed by atoms with Crippen molar-refractivity contribution in [3.05, 3.63) is 187 Å². The van der Waals surface area contributed by atoms with Crippen LogP contribution in [0.2, 0.25) is 0 Å². The third-order valence-corrected chi connectivity index (χ3v) is 12.0. The van der Waals surface area contributed by atoms with E-state index in [0.29, 0.717) is 0 Å². The molecule has 3 aliphatic rings. The molecule has 0 amide bonds. The monoisotopic (exact) mass is 641 g/mol. The Morgan fingerprint density at radius 2 is 0.860 bits per heavy atom. The van der Waals surface area contributed by atoms with Crippen LogP contribution in [0.15, 0.2) is 176 Å². The van der Waals surface area contributed by atoms with Gasteiger partial charge in [0.25, 0.3) is 0 Å². The van der Waals surface area contributed by atoms with E-state index < -0.39 is 0 Å². The van der Waals surface area contributed by atoms with Crippen LogP contribution in [0.25, 0.3) is 44.5 Å². The second kappa shape index (κ2) is 11.7. The largest absolute Gasteiger partial charge is 0.311 e. The molecule has 2 bridgehead atoms. The summed E-state index contributed by atoms with van der Waals surface area (Å²) in [4.78, 5) is 2.37. The van der Waals surface area contributed by atoms with Crippen LogP contribution in [0.4, 0.5) is 17.1 Å². The van der Waals surface area contributed by atoms with Crippen molar-refractivity contribution < 1.29 is 0 Å². The van der Waals surface area contributed by atoms with Crippen LogP contribution in [-0.2, 0) is 5.41 Å². The minimum absolute atomic E-state index is 0.194. The predicted octanol–water partition coefficient (Wildman–Crippen LogP) is 13.2. The van der Waals surface area contributed by atoms with Crippen LogP contribution >= 0.6 is 0 Å². The van der Waals surface area contributed by atoms with Crippen molar-refractivity contribution in [1.29, 1.82) is 0 Å². The van der Waals surface area contributed by atoms with Crippen molar-refractivity contribution in [3.63, 3.8) is 0 Å². The lowest BCUT2D eigenvalue weighted by molar-refractivity contribution is 0.327. The Labute approximate surface area is 295 Å². The molecule has 1 heteroatoms. The van der Waals surface area contributed by atoms with E-state index in [2.05, 4.69) is 181 Å². The van der Waals surface area contributed by atoms with E-state index in [0.717, 1.165) is 28.9 Å². The number of rotatable bonds is 6. The first-order valence-corrected chi connectivity index (χ1v) is 18.2. The maximum atomic E-state index is 2.55. The number of benzene rings is 7. The average Bonchev–Trinajstić information content (AvgIpc) is 3.89. The molecule has 3 unspecified atom stereocenters. The van der Waals surface area contributed by atoms with Gasteiger partial charge in [0.2, 0.25) is 0 Å². The number of hydrogen-bond acceptors (Lipinski definition) is 1. The Hall–Kier alpha value is -5.66. The molecule has 0 aromatic heterocycles. The highest BCUT2D eigenvalue weighted by molar-refractivity contribution is 5.86. The predicted molar refractivity (Wildman–Crippen MR) is 209 cm³/mol. The van der Waals surface area contributed by atoms with Crippen LogP contribution < -0.4 is 4.90 Å². The topological polar surface area (TPSA) is 3.24 Å². The summed E-state index contributed by atoms with van der Waals surface area (Å²) < 4.78 is 0. The molecule has 0 saturated heterocycles. The Balaban J connectivity index is 1.02. The Kier molecular flexibility index (Phi) is 6.88. The lowest BCUT2D eigenvalue weighted by Gasteiger charge is -2.36.